The van der Waals surface area contributed by atoms with E-state index >= 15 is 0 Å². The second-order valence-electron chi connectivity index (χ2n) is 8.15. The van der Waals surface area contributed by atoms with Crippen LogP contribution >= 0.6 is 23.2 Å². The Bertz CT molecular complexity index is 1270. The molecule has 168 valence electrons. The van der Waals surface area contributed by atoms with Gasteiger partial charge in [-0.3, -0.25) is 9.88 Å². The first kappa shape index (κ1) is 22.0. The van der Waals surface area contributed by atoms with Crippen LogP contribution in [0, 0.1) is 5.82 Å². The van der Waals surface area contributed by atoms with Crippen molar-refractivity contribution in [1.29, 1.82) is 0 Å². The zero-order chi connectivity index (χ0) is 22.9. The first-order valence-electron chi connectivity index (χ1n) is 10.8. The molecule has 3 aromatic carbocycles. The predicted molar refractivity (Wildman–Crippen MR) is 132 cm³/mol. The molecular weight excluding hydrogens is 460 g/mol. The zero-order valence-electron chi connectivity index (χ0n) is 17.8. The Balaban J connectivity index is 1.52. The summed E-state index contributed by atoms with van der Waals surface area (Å²) in [6, 6.07) is 19.5. The number of halogens is 3. The van der Waals surface area contributed by atoms with Crippen molar-refractivity contribution in [3.05, 3.63) is 99.9 Å². The van der Waals surface area contributed by atoms with Crippen LogP contribution in [0.1, 0.15) is 17.2 Å². The molecule has 5 rings (SSSR count). The number of phenolic OH excluding ortho intramolecular Hbond substituents is 1. The third-order valence-electron chi connectivity index (χ3n) is 6.20. The monoisotopic (exact) mass is 481 g/mol. The maximum absolute atomic E-state index is 13.3. The van der Waals surface area contributed by atoms with Gasteiger partial charge in [-0.1, -0.05) is 35.3 Å². The average molecular weight is 482 g/mol. The molecule has 1 saturated heterocycles. The Morgan fingerprint density at radius 1 is 0.909 bits per heavy atom. The van der Waals surface area contributed by atoms with Crippen LogP contribution in [0.2, 0.25) is 10.0 Å². The molecule has 1 fully saturated rings. The first-order valence-corrected chi connectivity index (χ1v) is 11.5. The van der Waals surface area contributed by atoms with Crippen molar-refractivity contribution in [3.63, 3.8) is 0 Å². The summed E-state index contributed by atoms with van der Waals surface area (Å²) in [6.45, 7) is 3.05. The minimum Gasteiger partial charge on any atom is -0.505 e. The molecule has 0 amide bonds. The number of aromatic nitrogens is 1. The van der Waals surface area contributed by atoms with Gasteiger partial charge in [0.1, 0.15) is 17.1 Å². The molecule has 1 aliphatic rings. The van der Waals surface area contributed by atoms with Gasteiger partial charge in [-0.25, -0.2) is 4.39 Å². The fourth-order valence-corrected chi connectivity index (χ4v) is 4.93. The van der Waals surface area contributed by atoms with Gasteiger partial charge >= 0.3 is 0 Å². The van der Waals surface area contributed by atoms with Crippen LogP contribution in [0.4, 0.5) is 10.1 Å². The number of hydrogen-bond donors (Lipinski definition) is 1. The number of hydrogen-bond acceptors (Lipinski definition) is 4. The van der Waals surface area contributed by atoms with Crippen molar-refractivity contribution < 1.29 is 9.50 Å². The molecule has 0 saturated carbocycles. The van der Waals surface area contributed by atoms with E-state index < -0.39 is 0 Å². The van der Waals surface area contributed by atoms with Gasteiger partial charge in [-0.05, 0) is 60.2 Å². The average Bonchev–Trinajstić information content (AvgIpc) is 2.84. The number of fused-ring (bicyclic) bond motifs is 1. The maximum atomic E-state index is 13.3. The number of piperazine rings is 1. The standard InChI is InChI=1S/C26H22Cl2FN3O/c27-18-5-3-17(4-6-18)25(22-16-23(28)21-2-1-11-30-24(21)26(22)33)32-14-12-31(13-15-32)20-9-7-19(29)8-10-20/h1-11,16,25,33H,12-15H2/t25-/m1/s1. The van der Waals surface area contributed by atoms with E-state index in [4.69, 9.17) is 23.2 Å². The van der Waals surface area contributed by atoms with E-state index in [1.165, 1.54) is 12.1 Å². The molecule has 4 aromatic rings. The van der Waals surface area contributed by atoms with E-state index in [2.05, 4.69) is 14.8 Å². The highest BCUT2D eigenvalue weighted by Crippen LogP contribution is 2.41. The van der Waals surface area contributed by atoms with Gasteiger partial charge in [0.2, 0.25) is 0 Å². The van der Waals surface area contributed by atoms with E-state index in [-0.39, 0.29) is 17.6 Å². The van der Waals surface area contributed by atoms with Gasteiger partial charge in [0.25, 0.3) is 0 Å². The van der Waals surface area contributed by atoms with Crippen LogP contribution in [-0.2, 0) is 0 Å². The van der Waals surface area contributed by atoms with Gasteiger partial charge in [0.05, 0.1) is 11.1 Å². The number of pyridine rings is 1. The van der Waals surface area contributed by atoms with Crippen LogP contribution in [0.5, 0.6) is 5.75 Å². The minimum absolute atomic E-state index is 0.135. The molecule has 0 aliphatic carbocycles. The summed E-state index contributed by atoms with van der Waals surface area (Å²) >= 11 is 12.8. The molecule has 0 radical (unpaired) electrons. The van der Waals surface area contributed by atoms with Gasteiger partial charge in [0.15, 0.2) is 0 Å². The molecule has 1 aromatic heterocycles. The van der Waals surface area contributed by atoms with Crippen molar-refractivity contribution in [1.82, 2.24) is 9.88 Å². The van der Waals surface area contributed by atoms with E-state index in [1.807, 2.05) is 48.5 Å². The maximum Gasteiger partial charge on any atom is 0.147 e. The molecule has 1 aliphatic heterocycles. The van der Waals surface area contributed by atoms with Crippen LogP contribution in [0.15, 0.2) is 72.9 Å². The third-order valence-corrected chi connectivity index (χ3v) is 6.76. The fourth-order valence-electron chi connectivity index (χ4n) is 4.54. The Labute approximate surface area is 201 Å². The Morgan fingerprint density at radius 3 is 2.30 bits per heavy atom. The second kappa shape index (κ2) is 9.18. The Kier molecular flexibility index (Phi) is 6.11. The number of phenols is 1. The van der Waals surface area contributed by atoms with Crippen molar-refractivity contribution in [2.45, 2.75) is 6.04 Å². The third kappa shape index (κ3) is 4.36. The topological polar surface area (TPSA) is 39.6 Å². The molecule has 2 heterocycles. The molecule has 7 heteroatoms. The molecule has 4 nitrogen and oxygen atoms in total. The lowest BCUT2D eigenvalue weighted by Gasteiger charge is -2.41. The van der Waals surface area contributed by atoms with Crippen LogP contribution in [-0.4, -0.2) is 41.2 Å². The lowest BCUT2D eigenvalue weighted by molar-refractivity contribution is 0.209. The van der Waals surface area contributed by atoms with Crippen LogP contribution in [0.3, 0.4) is 0 Å². The highest BCUT2D eigenvalue weighted by Gasteiger charge is 2.30. The van der Waals surface area contributed by atoms with Gasteiger partial charge in [-0.2, -0.15) is 0 Å². The normalized spacial score (nSPS) is 15.7. The molecule has 33 heavy (non-hydrogen) atoms. The van der Waals surface area contributed by atoms with E-state index in [0.717, 1.165) is 42.8 Å². The van der Waals surface area contributed by atoms with Crippen molar-refractivity contribution in [3.8, 4) is 5.75 Å². The molecular formula is C26H22Cl2FN3O. The number of rotatable bonds is 4. The second-order valence-corrected chi connectivity index (χ2v) is 8.99. The number of benzene rings is 3. The predicted octanol–water partition coefficient (Wildman–Crippen LogP) is 6.30. The Morgan fingerprint density at radius 2 is 1.61 bits per heavy atom. The van der Waals surface area contributed by atoms with Gasteiger partial charge in [0, 0.05) is 54.0 Å². The highest BCUT2D eigenvalue weighted by molar-refractivity contribution is 6.35. The van der Waals surface area contributed by atoms with Gasteiger partial charge < -0.3 is 10.0 Å². The summed E-state index contributed by atoms with van der Waals surface area (Å²) < 4.78 is 13.3. The summed E-state index contributed by atoms with van der Waals surface area (Å²) in [5.41, 5.74) is 3.21. The summed E-state index contributed by atoms with van der Waals surface area (Å²) in [5.74, 6) is -0.103. The molecule has 0 bridgehead atoms. The fraction of sp³-hybridized carbons (Fsp3) is 0.192. The van der Waals surface area contributed by atoms with Crippen molar-refractivity contribution >= 4 is 39.8 Å². The van der Waals surface area contributed by atoms with Crippen LogP contribution in [0.25, 0.3) is 10.9 Å². The quantitative estimate of drug-likeness (QED) is 0.371. The lowest BCUT2D eigenvalue weighted by atomic mass is 9.94. The van der Waals surface area contributed by atoms with E-state index in [9.17, 15) is 9.50 Å². The minimum atomic E-state index is -0.238. The largest absolute Gasteiger partial charge is 0.505 e. The number of anilines is 1. The Hall–Kier alpha value is -2.86. The molecule has 1 atom stereocenters. The van der Waals surface area contributed by atoms with Gasteiger partial charge in [-0.15, -0.1) is 0 Å². The summed E-state index contributed by atoms with van der Waals surface area (Å²) in [7, 11) is 0. The zero-order valence-corrected chi connectivity index (χ0v) is 19.3. The van der Waals surface area contributed by atoms with E-state index in [0.29, 0.717) is 21.1 Å². The number of nitrogens with zero attached hydrogens (tertiary/aromatic N) is 3. The molecule has 0 spiro atoms. The van der Waals surface area contributed by atoms with Crippen molar-refractivity contribution in [2.24, 2.45) is 0 Å². The molecule has 1 N–H and O–H groups in total. The smallest absolute Gasteiger partial charge is 0.147 e. The number of aromatic hydroxyl groups is 1. The highest BCUT2D eigenvalue weighted by atomic mass is 35.5. The molecule has 0 unspecified atom stereocenters. The van der Waals surface area contributed by atoms with Crippen LogP contribution < -0.4 is 4.90 Å². The van der Waals surface area contributed by atoms with E-state index in [1.54, 1.807) is 12.3 Å². The summed E-state index contributed by atoms with van der Waals surface area (Å²) in [6.07, 6.45) is 1.65. The lowest BCUT2D eigenvalue weighted by Crippen LogP contribution is -2.48. The summed E-state index contributed by atoms with van der Waals surface area (Å²) in [5, 5.41) is 13.2. The SMILES string of the molecule is Oc1c([C@@H](c2ccc(Cl)cc2)N2CCN(c3ccc(F)cc3)CC2)cc(Cl)c2cccnc12. The summed E-state index contributed by atoms with van der Waals surface area (Å²) in [4.78, 5) is 8.95. The first-order chi connectivity index (χ1) is 16.0. The van der Waals surface area contributed by atoms with Crippen molar-refractivity contribution in [2.75, 3.05) is 31.1 Å².